The van der Waals surface area contributed by atoms with Gasteiger partial charge in [0.1, 0.15) is 0 Å². The molecule has 74 valence electrons. The third-order valence-electron chi connectivity index (χ3n) is 1.86. The molecule has 0 unspecified atom stereocenters. The average Bonchev–Trinajstić information content (AvgIpc) is 2.42. The third kappa shape index (κ3) is 3.31. The highest BCUT2D eigenvalue weighted by Crippen LogP contribution is 2.19. The summed E-state index contributed by atoms with van der Waals surface area (Å²) < 4.78 is 0. The molecule has 1 heterocycles. The molecule has 0 radical (unpaired) electrons. The standard InChI is InChI=1S/C8H12BrNO2S/c9-4-2-1-3-5-10-7(11)6-13-8(10)12/h1-6H2. The third-order valence-corrected chi connectivity index (χ3v) is 3.28. The second kappa shape index (κ2) is 5.65. The summed E-state index contributed by atoms with van der Waals surface area (Å²) in [6.45, 7) is 0.595. The van der Waals surface area contributed by atoms with Gasteiger partial charge in [-0.15, -0.1) is 0 Å². The number of halogens is 1. The first-order valence-corrected chi connectivity index (χ1v) is 6.39. The van der Waals surface area contributed by atoms with E-state index in [2.05, 4.69) is 15.9 Å². The van der Waals surface area contributed by atoms with Crippen molar-refractivity contribution in [3.05, 3.63) is 0 Å². The molecular weight excluding hydrogens is 254 g/mol. The summed E-state index contributed by atoms with van der Waals surface area (Å²) in [6, 6.07) is 0. The van der Waals surface area contributed by atoms with E-state index in [-0.39, 0.29) is 11.1 Å². The van der Waals surface area contributed by atoms with E-state index >= 15 is 0 Å². The van der Waals surface area contributed by atoms with Crippen molar-refractivity contribution in [3.8, 4) is 0 Å². The Morgan fingerprint density at radius 2 is 2.08 bits per heavy atom. The molecule has 0 bridgehead atoms. The Bertz CT molecular complexity index is 194. The monoisotopic (exact) mass is 265 g/mol. The fourth-order valence-corrected chi connectivity index (χ4v) is 2.29. The van der Waals surface area contributed by atoms with Gasteiger partial charge in [0, 0.05) is 11.9 Å². The summed E-state index contributed by atoms with van der Waals surface area (Å²) in [7, 11) is 0. The van der Waals surface area contributed by atoms with Crippen molar-refractivity contribution >= 4 is 38.8 Å². The van der Waals surface area contributed by atoms with Crippen molar-refractivity contribution < 1.29 is 9.59 Å². The van der Waals surface area contributed by atoms with E-state index in [0.29, 0.717) is 12.3 Å². The summed E-state index contributed by atoms with van der Waals surface area (Å²) >= 11 is 4.44. The van der Waals surface area contributed by atoms with E-state index in [4.69, 9.17) is 0 Å². The minimum atomic E-state index is -0.0798. The predicted molar refractivity (Wildman–Crippen MR) is 57.2 cm³/mol. The Hall–Kier alpha value is -0.0300. The number of hydrogen-bond acceptors (Lipinski definition) is 3. The van der Waals surface area contributed by atoms with Crippen LogP contribution in [0.15, 0.2) is 0 Å². The lowest BCUT2D eigenvalue weighted by atomic mass is 10.2. The van der Waals surface area contributed by atoms with Crippen molar-refractivity contribution in [3.63, 3.8) is 0 Å². The Labute approximate surface area is 90.4 Å². The summed E-state index contributed by atoms with van der Waals surface area (Å²) in [5, 5.41) is 0.910. The number of amides is 2. The van der Waals surface area contributed by atoms with Gasteiger partial charge in [-0.3, -0.25) is 14.5 Å². The minimum absolute atomic E-state index is 0.0335. The zero-order chi connectivity index (χ0) is 9.68. The van der Waals surface area contributed by atoms with Crippen LogP contribution in [-0.4, -0.2) is 33.7 Å². The van der Waals surface area contributed by atoms with E-state index < -0.39 is 0 Å². The highest BCUT2D eigenvalue weighted by Gasteiger charge is 2.28. The van der Waals surface area contributed by atoms with Crippen molar-refractivity contribution in [2.24, 2.45) is 0 Å². The van der Waals surface area contributed by atoms with Crippen LogP contribution in [0.25, 0.3) is 0 Å². The topological polar surface area (TPSA) is 37.4 Å². The molecule has 1 aliphatic heterocycles. The van der Waals surface area contributed by atoms with Crippen LogP contribution >= 0.6 is 27.7 Å². The molecule has 1 rings (SSSR count). The number of rotatable bonds is 5. The van der Waals surface area contributed by atoms with Gasteiger partial charge < -0.3 is 0 Å². The van der Waals surface area contributed by atoms with Gasteiger partial charge in [-0.05, 0) is 12.8 Å². The fraction of sp³-hybridized carbons (Fsp3) is 0.750. The summed E-state index contributed by atoms with van der Waals surface area (Å²) in [4.78, 5) is 23.6. The Morgan fingerprint density at radius 1 is 1.31 bits per heavy atom. The zero-order valence-corrected chi connectivity index (χ0v) is 9.70. The summed E-state index contributed by atoms with van der Waals surface area (Å²) in [6.07, 6.45) is 3.08. The van der Waals surface area contributed by atoms with Crippen LogP contribution in [-0.2, 0) is 4.79 Å². The quantitative estimate of drug-likeness (QED) is 0.565. The number of carbonyl (C=O) groups is 2. The SMILES string of the molecule is O=C1CSC(=O)N1CCCCCBr. The second-order valence-corrected chi connectivity index (χ2v) is 4.57. The summed E-state index contributed by atoms with van der Waals surface area (Å²) in [5.74, 6) is 0.297. The molecule has 0 atom stereocenters. The molecule has 3 nitrogen and oxygen atoms in total. The lowest BCUT2D eigenvalue weighted by molar-refractivity contribution is -0.124. The molecule has 0 saturated carbocycles. The number of unbranched alkanes of at least 4 members (excludes halogenated alkanes) is 2. The first-order valence-electron chi connectivity index (χ1n) is 4.29. The number of imide groups is 1. The first-order chi connectivity index (χ1) is 6.25. The van der Waals surface area contributed by atoms with Crippen LogP contribution < -0.4 is 0 Å². The van der Waals surface area contributed by atoms with Gasteiger partial charge in [0.2, 0.25) is 5.91 Å². The number of carbonyl (C=O) groups excluding carboxylic acids is 2. The van der Waals surface area contributed by atoms with E-state index in [0.717, 1.165) is 36.4 Å². The van der Waals surface area contributed by atoms with Crippen molar-refractivity contribution in [1.29, 1.82) is 0 Å². The lowest BCUT2D eigenvalue weighted by Gasteiger charge is -2.11. The molecule has 0 aromatic rings. The van der Waals surface area contributed by atoms with Crippen LogP contribution in [0.5, 0.6) is 0 Å². The van der Waals surface area contributed by atoms with Crippen molar-refractivity contribution in [2.75, 3.05) is 17.6 Å². The molecule has 0 spiro atoms. The van der Waals surface area contributed by atoms with E-state index in [9.17, 15) is 9.59 Å². The molecule has 2 amide bonds. The van der Waals surface area contributed by atoms with Gasteiger partial charge in [0.15, 0.2) is 0 Å². The van der Waals surface area contributed by atoms with Crippen LogP contribution in [0, 0.1) is 0 Å². The molecule has 13 heavy (non-hydrogen) atoms. The van der Waals surface area contributed by atoms with Gasteiger partial charge in [-0.25, -0.2) is 0 Å². The van der Waals surface area contributed by atoms with E-state index in [1.54, 1.807) is 0 Å². The molecule has 0 aliphatic carbocycles. The van der Waals surface area contributed by atoms with Crippen LogP contribution in [0.1, 0.15) is 19.3 Å². The number of nitrogens with zero attached hydrogens (tertiary/aromatic N) is 1. The average molecular weight is 266 g/mol. The molecular formula is C8H12BrNO2S. The van der Waals surface area contributed by atoms with Crippen molar-refractivity contribution in [1.82, 2.24) is 4.90 Å². The molecule has 5 heteroatoms. The lowest BCUT2D eigenvalue weighted by Crippen LogP contribution is -2.29. The first kappa shape index (κ1) is 11.0. The number of thioether (sulfide) groups is 1. The Balaban J connectivity index is 2.20. The Kier molecular flexibility index (Phi) is 4.80. The maximum absolute atomic E-state index is 11.1. The maximum Gasteiger partial charge on any atom is 0.288 e. The molecule has 0 aromatic carbocycles. The van der Waals surface area contributed by atoms with Crippen LogP contribution in [0.2, 0.25) is 0 Å². The molecule has 0 aromatic heterocycles. The smallest absolute Gasteiger partial charge is 0.273 e. The normalized spacial score (nSPS) is 17.2. The van der Waals surface area contributed by atoms with Crippen molar-refractivity contribution in [2.45, 2.75) is 19.3 Å². The predicted octanol–water partition coefficient (Wildman–Crippen LogP) is 2.25. The van der Waals surface area contributed by atoms with Gasteiger partial charge in [0.25, 0.3) is 5.24 Å². The minimum Gasteiger partial charge on any atom is -0.273 e. The largest absolute Gasteiger partial charge is 0.288 e. The molecule has 1 aliphatic rings. The highest BCUT2D eigenvalue weighted by molar-refractivity contribution is 9.09. The van der Waals surface area contributed by atoms with E-state index in [1.165, 1.54) is 4.90 Å². The van der Waals surface area contributed by atoms with Crippen LogP contribution in [0.4, 0.5) is 4.79 Å². The number of hydrogen-bond donors (Lipinski definition) is 0. The maximum atomic E-state index is 11.1. The summed E-state index contributed by atoms with van der Waals surface area (Å²) in [5.41, 5.74) is 0. The highest BCUT2D eigenvalue weighted by atomic mass is 79.9. The molecule has 1 saturated heterocycles. The zero-order valence-electron chi connectivity index (χ0n) is 7.29. The van der Waals surface area contributed by atoms with Gasteiger partial charge >= 0.3 is 0 Å². The Morgan fingerprint density at radius 3 is 2.62 bits per heavy atom. The fourth-order valence-electron chi connectivity index (χ4n) is 1.14. The van der Waals surface area contributed by atoms with Gasteiger partial charge in [0.05, 0.1) is 5.75 Å². The second-order valence-electron chi connectivity index (χ2n) is 2.85. The van der Waals surface area contributed by atoms with E-state index in [1.807, 2.05) is 0 Å². The van der Waals surface area contributed by atoms with Crippen LogP contribution in [0.3, 0.4) is 0 Å². The van der Waals surface area contributed by atoms with Gasteiger partial charge in [-0.2, -0.15) is 0 Å². The van der Waals surface area contributed by atoms with Gasteiger partial charge in [-0.1, -0.05) is 34.1 Å². The molecule has 1 fully saturated rings. The number of alkyl halides is 1. The molecule has 0 N–H and O–H groups in total.